The van der Waals surface area contributed by atoms with Crippen molar-refractivity contribution in [3.63, 3.8) is 0 Å². The van der Waals surface area contributed by atoms with E-state index in [4.69, 9.17) is 21.1 Å². The topological polar surface area (TPSA) is 59.6 Å². The van der Waals surface area contributed by atoms with Gasteiger partial charge in [-0.15, -0.1) is 0 Å². The predicted molar refractivity (Wildman–Crippen MR) is 96.0 cm³/mol. The lowest BCUT2D eigenvalue weighted by Crippen LogP contribution is -2.30. The Morgan fingerprint density at radius 3 is 2.46 bits per heavy atom. The van der Waals surface area contributed by atoms with E-state index in [1.807, 2.05) is 31.2 Å². The Kier molecular flexibility index (Phi) is 6.46. The van der Waals surface area contributed by atoms with Crippen molar-refractivity contribution in [2.24, 2.45) is 0 Å². The summed E-state index contributed by atoms with van der Waals surface area (Å²) in [6.45, 7) is 2.17. The third kappa shape index (κ3) is 4.88. The highest BCUT2D eigenvalue weighted by atomic mass is 35.5. The predicted octanol–water partition coefficient (Wildman–Crippen LogP) is 3.65. The lowest BCUT2D eigenvalue weighted by atomic mass is 10.1. The van der Waals surface area contributed by atoms with Crippen molar-refractivity contribution in [2.75, 3.05) is 26.1 Å². The summed E-state index contributed by atoms with van der Waals surface area (Å²) in [5, 5.41) is 6.69. The fourth-order valence-electron chi connectivity index (χ4n) is 2.21. The molecule has 0 saturated carbocycles. The Morgan fingerprint density at radius 2 is 1.83 bits per heavy atom. The van der Waals surface area contributed by atoms with Gasteiger partial charge in [0.2, 0.25) is 5.91 Å². The molecule has 0 radical (unpaired) electrons. The maximum absolute atomic E-state index is 12.1. The van der Waals surface area contributed by atoms with Crippen LogP contribution in [0.4, 0.5) is 5.69 Å². The minimum atomic E-state index is -0.153. The smallest absolute Gasteiger partial charge is 0.238 e. The summed E-state index contributed by atoms with van der Waals surface area (Å²) in [6, 6.07) is 12.8. The van der Waals surface area contributed by atoms with Gasteiger partial charge in [-0.1, -0.05) is 23.7 Å². The number of nitrogens with one attached hydrogen (secondary N) is 2. The maximum Gasteiger partial charge on any atom is 0.238 e. The molecule has 0 unspecified atom stereocenters. The van der Waals surface area contributed by atoms with E-state index in [9.17, 15) is 4.79 Å². The van der Waals surface area contributed by atoms with Gasteiger partial charge in [0.25, 0.3) is 0 Å². The van der Waals surface area contributed by atoms with E-state index in [-0.39, 0.29) is 18.5 Å². The molecule has 0 bridgehead atoms. The first-order valence-electron chi connectivity index (χ1n) is 7.54. The van der Waals surface area contributed by atoms with Crippen LogP contribution in [0.5, 0.6) is 11.5 Å². The molecule has 128 valence electrons. The highest BCUT2D eigenvalue weighted by molar-refractivity contribution is 6.30. The Balaban J connectivity index is 1.92. The van der Waals surface area contributed by atoms with E-state index in [1.54, 1.807) is 32.4 Å². The SMILES string of the molecule is COc1ccc(NC(=O)CN[C@H](C)c2ccc(Cl)cc2)c(OC)c1. The number of rotatable bonds is 7. The molecule has 1 atom stereocenters. The molecular weight excluding hydrogens is 328 g/mol. The average Bonchev–Trinajstić information content (AvgIpc) is 2.60. The van der Waals surface area contributed by atoms with Gasteiger partial charge in [0.1, 0.15) is 11.5 Å². The summed E-state index contributed by atoms with van der Waals surface area (Å²) < 4.78 is 10.4. The van der Waals surface area contributed by atoms with Crippen LogP contribution in [0.15, 0.2) is 42.5 Å². The first-order valence-corrected chi connectivity index (χ1v) is 7.92. The van der Waals surface area contributed by atoms with Crippen molar-refractivity contribution in [3.05, 3.63) is 53.1 Å². The fraction of sp³-hybridized carbons (Fsp3) is 0.278. The standard InChI is InChI=1S/C18H21ClN2O3/c1-12(13-4-6-14(19)7-5-13)20-11-18(22)21-16-9-8-15(23-2)10-17(16)24-3/h4-10,12,20H,11H2,1-3H3,(H,21,22)/t12-/m1/s1. The number of halogens is 1. The monoisotopic (exact) mass is 348 g/mol. The second kappa shape index (κ2) is 8.57. The molecule has 2 aromatic rings. The molecule has 0 heterocycles. The number of methoxy groups -OCH3 is 2. The Hall–Kier alpha value is -2.24. The van der Waals surface area contributed by atoms with E-state index in [0.29, 0.717) is 22.2 Å². The summed E-state index contributed by atoms with van der Waals surface area (Å²) in [5.74, 6) is 1.06. The molecule has 0 fully saturated rings. The molecule has 0 spiro atoms. The molecule has 1 amide bonds. The van der Waals surface area contributed by atoms with Crippen LogP contribution in [-0.2, 0) is 4.79 Å². The normalized spacial score (nSPS) is 11.7. The van der Waals surface area contributed by atoms with Gasteiger partial charge in [-0.3, -0.25) is 4.79 Å². The Labute approximate surface area is 146 Å². The van der Waals surface area contributed by atoms with Gasteiger partial charge in [0, 0.05) is 17.1 Å². The molecule has 0 aliphatic heterocycles. The largest absolute Gasteiger partial charge is 0.497 e. The number of anilines is 1. The lowest BCUT2D eigenvalue weighted by Gasteiger charge is -2.15. The van der Waals surface area contributed by atoms with Crippen molar-refractivity contribution in [1.82, 2.24) is 5.32 Å². The molecule has 2 aromatic carbocycles. The van der Waals surface area contributed by atoms with Crippen molar-refractivity contribution in [3.8, 4) is 11.5 Å². The van der Waals surface area contributed by atoms with Gasteiger partial charge in [-0.2, -0.15) is 0 Å². The van der Waals surface area contributed by atoms with Crippen molar-refractivity contribution < 1.29 is 14.3 Å². The van der Waals surface area contributed by atoms with E-state index in [1.165, 1.54) is 0 Å². The number of ether oxygens (including phenoxy) is 2. The highest BCUT2D eigenvalue weighted by Gasteiger charge is 2.11. The van der Waals surface area contributed by atoms with Crippen LogP contribution in [0.1, 0.15) is 18.5 Å². The fourth-order valence-corrected chi connectivity index (χ4v) is 2.34. The maximum atomic E-state index is 12.1. The second-order valence-electron chi connectivity index (χ2n) is 5.27. The van der Waals surface area contributed by atoms with E-state index < -0.39 is 0 Å². The van der Waals surface area contributed by atoms with Crippen LogP contribution in [0.25, 0.3) is 0 Å². The summed E-state index contributed by atoms with van der Waals surface area (Å²) >= 11 is 5.88. The zero-order valence-electron chi connectivity index (χ0n) is 13.9. The van der Waals surface area contributed by atoms with Crippen LogP contribution < -0.4 is 20.1 Å². The van der Waals surface area contributed by atoms with Gasteiger partial charge in [-0.05, 0) is 36.8 Å². The number of amides is 1. The third-order valence-electron chi connectivity index (χ3n) is 3.62. The van der Waals surface area contributed by atoms with E-state index in [2.05, 4.69) is 10.6 Å². The number of benzene rings is 2. The average molecular weight is 349 g/mol. The van der Waals surface area contributed by atoms with Gasteiger partial charge >= 0.3 is 0 Å². The Bertz CT molecular complexity index is 689. The zero-order valence-corrected chi connectivity index (χ0v) is 14.7. The first kappa shape index (κ1) is 18.1. The van der Waals surface area contributed by atoms with Gasteiger partial charge < -0.3 is 20.1 Å². The van der Waals surface area contributed by atoms with Gasteiger partial charge in [0.05, 0.1) is 26.5 Å². The summed E-state index contributed by atoms with van der Waals surface area (Å²) in [7, 11) is 3.13. The molecule has 24 heavy (non-hydrogen) atoms. The number of hydrogen-bond donors (Lipinski definition) is 2. The molecule has 0 saturated heterocycles. The lowest BCUT2D eigenvalue weighted by molar-refractivity contribution is -0.115. The van der Waals surface area contributed by atoms with Crippen LogP contribution >= 0.6 is 11.6 Å². The molecular formula is C18H21ClN2O3. The van der Waals surface area contributed by atoms with E-state index >= 15 is 0 Å². The first-order chi connectivity index (χ1) is 11.5. The summed E-state index contributed by atoms with van der Waals surface area (Å²) in [4.78, 5) is 12.1. The van der Waals surface area contributed by atoms with Gasteiger partial charge in [-0.25, -0.2) is 0 Å². The number of carbonyl (C=O) groups is 1. The molecule has 2 N–H and O–H groups in total. The second-order valence-corrected chi connectivity index (χ2v) is 5.70. The quantitative estimate of drug-likeness (QED) is 0.802. The highest BCUT2D eigenvalue weighted by Crippen LogP contribution is 2.28. The minimum absolute atomic E-state index is 0.0331. The van der Waals surface area contributed by atoms with Crippen LogP contribution in [0, 0.1) is 0 Å². The molecule has 0 aromatic heterocycles. The Morgan fingerprint density at radius 1 is 1.12 bits per heavy atom. The number of hydrogen-bond acceptors (Lipinski definition) is 4. The van der Waals surface area contributed by atoms with Crippen molar-refractivity contribution in [2.45, 2.75) is 13.0 Å². The molecule has 5 nitrogen and oxygen atoms in total. The van der Waals surface area contributed by atoms with Gasteiger partial charge in [0.15, 0.2) is 0 Å². The number of carbonyl (C=O) groups excluding carboxylic acids is 1. The zero-order chi connectivity index (χ0) is 17.5. The summed E-state index contributed by atoms with van der Waals surface area (Å²) in [5.41, 5.74) is 1.67. The third-order valence-corrected chi connectivity index (χ3v) is 3.87. The van der Waals surface area contributed by atoms with Crippen LogP contribution in [0.2, 0.25) is 5.02 Å². The molecule has 0 aliphatic rings. The van der Waals surface area contributed by atoms with Crippen molar-refractivity contribution >= 4 is 23.2 Å². The molecule has 2 rings (SSSR count). The molecule has 0 aliphatic carbocycles. The minimum Gasteiger partial charge on any atom is -0.497 e. The van der Waals surface area contributed by atoms with E-state index in [0.717, 1.165) is 5.56 Å². The van der Waals surface area contributed by atoms with Crippen molar-refractivity contribution in [1.29, 1.82) is 0 Å². The van der Waals surface area contributed by atoms with Crippen LogP contribution in [-0.4, -0.2) is 26.7 Å². The molecule has 6 heteroatoms. The van der Waals surface area contributed by atoms with Crippen LogP contribution in [0.3, 0.4) is 0 Å². The summed E-state index contributed by atoms with van der Waals surface area (Å²) in [6.07, 6.45) is 0.